The second kappa shape index (κ2) is 7.15. The van der Waals surface area contributed by atoms with Crippen molar-refractivity contribution >= 4 is 0 Å². The molecule has 0 heterocycles. The fraction of sp³-hybridized carbons (Fsp3) is 0.0500. The van der Waals surface area contributed by atoms with Gasteiger partial charge in [-0.2, -0.15) is 5.26 Å². The molecule has 0 N–H and O–H groups in total. The summed E-state index contributed by atoms with van der Waals surface area (Å²) in [6, 6.07) is 26.6. The largest absolute Gasteiger partial charge is 0.489 e. The second-order valence-corrected chi connectivity index (χ2v) is 4.96. The molecule has 0 aliphatic heterocycles. The van der Waals surface area contributed by atoms with Crippen LogP contribution in [0.15, 0.2) is 78.9 Å². The summed E-state index contributed by atoms with van der Waals surface area (Å²) < 4.78 is 11.5. The Hall–Kier alpha value is -3.25. The zero-order chi connectivity index (χ0) is 15.9. The Balaban J connectivity index is 1.64. The molecule has 112 valence electrons. The van der Waals surface area contributed by atoms with E-state index in [4.69, 9.17) is 14.7 Å². The van der Waals surface area contributed by atoms with Crippen LogP contribution in [0.1, 0.15) is 11.1 Å². The number of ether oxygens (including phenoxy) is 2. The number of nitrogens with zero attached hydrogens (tertiary/aromatic N) is 1. The van der Waals surface area contributed by atoms with Gasteiger partial charge in [0.2, 0.25) is 0 Å². The molecular formula is C20H15NO2. The minimum atomic E-state index is 0.511. The first-order chi connectivity index (χ1) is 11.3. The van der Waals surface area contributed by atoms with Gasteiger partial charge in [-0.1, -0.05) is 42.5 Å². The molecule has 3 aromatic carbocycles. The van der Waals surface area contributed by atoms with Crippen LogP contribution in [0.5, 0.6) is 17.2 Å². The summed E-state index contributed by atoms with van der Waals surface area (Å²) in [5, 5.41) is 9.07. The van der Waals surface area contributed by atoms with E-state index >= 15 is 0 Å². The number of nitriles is 1. The SMILES string of the molecule is N#Cc1ccccc1Oc1ccc(OCc2ccccc2)cc1. The van der Waals surface area contributed by atoms with Gasteiger partial charge in [-0.15, -0.1) is 0 Å². The Morgan fingerprint density at radius 2 is 1.39 bits per heavy atom. The molecule has 0 aliphatic carbocycles. The van der Waals surface area contributed by atoms with Crippen molar-refractivity contribution in [1.29, 1.82) is 5.26 Å². The monoisotopic (exact) mass is 301 g/mol. The van der Waals surface area contributed by atoms with E-state index in [2.05, 4.69) is 6.07 Å². The van der Waals surface area contributed by atoms with Gasteiger partial charge in [-0.25, -0.2) is 0 Å². The van der Waals surface area contributed by atoms with E-state index in [1.165, 1.54) is 0 Å². The zero-order valence-corrected chi connectivity index (χ0v) is 12.5. The molecule has 0 atom stereocenters. The minimum absolute atomic E-state index is 0.511. The van der Waals surface area contributed by atoms with Gasteiger partial charge < -0.3 is 9.47 Å². The molecule has 0 saturated heterocycles. The second-order valence-electron chi connectivity index (χ2n) is 4.96. The van der Waals surface area contributed by atoms with Crippen LogP contribution in [-0.2, 0) is 6.61 Å². The molecule has 3 aromatic rings. The molecular weight excluding hydrogens is 286 g/mol. The molecule has 0 saturated carbocycles. The van der Waals surface area contributed by atoms with Crippen molar-refractivity contribution in [1.82, 2.24) is 0 Å². The Morgan fingerprint density at radius 1 is 0.739 bits per heavy atom. The molecule has 0 radical (unpaired) electrons. The normalized spacial score (nSPS) is 9.87. The maximum absolute atomic E-state index is 9.07. The molecule has 0 spiro atoms. The highest BCUT2D eigenvalue weighted by Gasteiger charge is 2.04. The van der Waals surface area contributed by atoms with Crippen molar-refractivity contribution in [2.24, 2.45) is 0 Å². The van der Waals surface area contributed by atoms with Crippen LogP contribution in [0.4, 0.5) is 0 Å². The van der Waals surface area contributed by atoms with Gasteiger partial charge in [-0.3, -0.25) is 0 Å². The molecule has 0 amide bonds. The first-order valence-electron chi connectivity index (χ1n) is 7.29. The molecule has 0 fully saturated rings. The van der Waals surface area contributed by atoms with Crippen LogP contribution in [-0.4, -0.2) is 0 Å². The van der Waals surface area contributed by atoms with Crippen molar-refractivity contribution in [3.05, 3.63) is 90.0 Å². The summed E-state index contributed by atoms with van der Waals surface area (Å²) in [7, 11) is 0. The highest BCUT2D eigenvalue weighted by Crippen LogP contribution is 2.26. The van der Waals surface area contributed by atoms with Crippen molar-refractivity contribution in [2.45, 2.75) is 6.61 Å². The summed E-state index contributed by atoms with van der Waals surface area (Å²) in [4.78, 5) is 0. The minimum Gasteiger partial charge on any atom is -0.489 e. The standard InChI is InChI=1S/C20H15NO2/c21-14-17-8-4-5-9-20(17)23-19-12-10-18(11-13-19)22-15-16-6-2-1-3-7-16/h1-13H,15H2. The summed E-state index contributed by atoms with van der Waals surface area (Å²) in [5.74, 6) is 1.99. The quantitative estimate of drug-likeness (QED) is 0.671. The van der Waals surface area contributed by atoms with E-state index in [0.29, 0.717) is 23.7 Å². The number of benzene rings is 3. The lowest BCUT2D eigenvalue weighted by molar-refractivity contribution is 0.306. The van der Waals surface area contributed by atoms with Crippen molar-refractivity contribution in [2.75, 3.05) is 0 Å². The molecule has 0 bridgehead atoms. The highest BCUT2D eigenvalue weighted by atomic mass is 16.5. The van der Waals surface area contributed by atoms with Gasteiger partial charge in [0.15, 0.2) is 0 Å². The topological polar surface area (TPSA) is 42.2 Å². The van der Waals surface area contributed by atoms with Crippen LogP contribution >= 0.6 is 0 Å². The predicted molar refractivity (Wildman–Crippen MR) is 88.4 cm³/mol. The molecule has 0 aliphatic rings. The third-order valence-corrected chi connectivity index (χ3v) is 3.31. The first kappa shape index (κ1) is 14.7. The number of para-hydroxylation sites is 1. The van der Waals surface area contributed by atoms with Gasteiger partial charge in [-0.05, 0) is 42.0 Å². The fourth-order valence-corrected chi connectivity index (χ4v) is 2.12. The van der Waals surface area contributed by atoms with Crippen LogP contribution in [0.2, 0.25) is 0 Å². The lowest BCUT2D eigenvalue weighted by atomic mass is 10.2. The maximum Gasteiger partial charge on any atom is 0.145 e. The fourth-order valence-electron chi connectivity index (χ4n) is 2.12. The molecule has 3 nitrogen and oxygen atoms in total. The average molecular weight is 301 g/mol. The van der Waals surface area contributed by atoms with E-state index in [-0.39, 0.29) is 0 Å². The van der Waals surface area contributed by atoms with Crippen molar-refractivity contribution in [3.63, 3.8) is 0 Å². The van der Waals surface area contributed by atoms with E-state index in [9.17, 15) is 0 Å². The van der Waals surface area contributed by atoms with Crippen LogP contribution in [0.25, 0.3) is 0 Å². The van der Waals surface area contributed by atoms with Crippen LogP contribution in [0.3, 0.4) is 0 Å². The zero-order valence-electron chi connectivity index (χ0n) is 12.5. The molecule has 23 heavy (non-hydrogen) atoms. The molecule has 3 heteroatoms. The molecule has 3 rings (SSSR count). The van der Waals surface area contributed by atoms with E-state index in [1.807, 2.05) is 66.7 Å². The lowest BCUT2D eigenvalue weighted by Gasteiger charge is -2.09. The van der Waals surface area contributed by atoms with E-state index in [1.54, 1.807) is 12.1 Å². The summed E-state index contributed by atoms with van der Waals surface area (Å²) in [5.41, 5.74) is 1.63. The third-order valence-electron chi connectivity index (χ3n) is 3.31. The van der Waals surface area contributed by atoms with Crippen molar-refractivity contribution in [3.8, 4) is 23.3 Å². The Kier molecular flexibility index (Phi) is 4.56. The average Bonchev–Trinajstić information content (AvgIpc) is 2.62. The van der Waals surface area contributed by atoms with Crippen LogP contribution in [0, 0.1) is 11.3 Å². The van der Waals surface area contributed by atoms with E-state index in [0.717, 1.165) is 11.3 Å². The van der Waals surface area contributed by atoms with Gasteiger partial charge >= 0.3 is 0 Å². The third kappa shape index (κ3) is 3.90. The van der Waals surface area contributed by atoms with Gasteiger partial charge in [0.25, 0.3) is 0 Å². The lowest BCUT2D eigenvalue weighted by Crippen LogP contribution is -1.95. The van der Waals surface area contributed by atoms with Crippen LogP contribution < -0.4 is 9.47 Å². The number of rotatable bonds is 5. The Labute approximate surface area is 135 Å². The smallest absolute Gasteiger partial charge is 0.145 e. The summed E-state index contributed by atoms with van der Waals surface area (Å²) in [6.45, 7) is 0.526. The van der Waals surface area contributed by atoms with E-state index < -0.39 is 0 Å². The first-order valence-corrected chi connectivity index (χ1v) is 7.29. The summed E-state index contributed by atoms with van der Waals surface area (Å²) in [6.07, 6.45) is 0. The summed E-state index contributed by atoms with van der Waals surface area (Å²) >= 11 is 0. The molecule has 0 unspecified atom stereocenters. The number of hydrogen-bond donors (Lipinski definition) is 0. The predicted octanol–water partition coefficient (Wildman–Crippen LogP) is 4.93. The molecule has 0 aromatic heterocycles. The Morgan fingerprint density at radius 3 is 2.13 bits per heavy atom. The van der Waals surface area contributed by atoms with Gasteiger partial charge in [0.05, 0.1) is 5.56 Å². The van der Waals surface area contributed by atoms with Crippen molar-refractivity contribution < 1.29 is 9.47 Å². The maximum atomic E-state index is 9.07. The van der Waals surface area contributed by atoms with Gasteiger partial charge in [0.1, 0.15) is 29.9 Å². The van der Waals surface area contributed by atoms with Gasteiger partial charge in [0, 0.05) is 0 Å². The Bertz CT molecular complexity index is 805. The highest BCUT2D eigenvalue weighted by molar-refractivity contribution is 5.45. The number of hydrogen-bond acceptors (Lipinski definition) is 3.